The predicted octanol–water partition coefficient (Wildman–Crippen LogP) is 19.4. The van der Waals surface area contributed by atoms with E-state index in [2.05, 4.69) is 448 Å². The summed E-state index contributed by atoms with van der Waals surface area (Å²) in [6.07, 6.45) is 8.16. The van der Waals surface area contributed by atoms with Gasteiger partial charge in [-0.3, -0.25) is 0 Å². The number of hydrogen-bond donors (Lipinski definition) is 16. The van der Waals surface area contributed by atoms with Crippen molar-refractivity contribution in [3.8, 4) is 0 Å². The minimum absolute atomic E-state index is 0.392. The Bertz CT molecular complexity index is 4330. The average Bonchev–Trinajstić information content (AvgIpc) is 0.860. The number of nitrogens with one attached hydrogen (secondary N) is 15. The lowest BCUT2D eigenvalue weighted by atomic mass is 9.90. The van der Waals surface area contributed by atoms with Gasteiger partial charge in [0.2, 0.25) is 0 Å². The highest BCUT2D eigenvalue weighted by atomic mass is 15.2. The highest BCUT2D eigenvalue weighted by Crippen LogP contribution is 2.32. The van der Waals surface area contributed by atoms with Crippen molar-refractivity contribution in [3.63, 3.8) is 0 Å². The van der Waals surface area contributed by atoms with Crippen LogP contribution in [-0.4, -0.2) is 223 Å². The largest absolute Gasteiger partial charge is 0.383 e. The van der Waals surface area contributed by atoms with Crippen LogP contribution in [0.5, 0.6) is 0 Å². The van der Waals surface area contributed by atoms with E-state index in [1.165, 1.54) is 109 Å². The van der Waals surface area contributed by atoms with Gasteiger partial charge in [0, 0.05) is 283 Å². The molecule has 8 aliphatic rings. The molecule has 0 aromatic heterocycles. The monoisotopic (exact) mass is 1820 g/mol. The van der Waals surface area contributed by atoms with E-state index in [0.29, 0.717) is 78.5 Å². The number of piperazine rings is 5. The summed E-state index contributed by atoms with van der Waals surface area (Å²) >= 11 is 0. The standard InChI is InChI=1S/5C14H23N3.C14H22N2.C14H20N2.C13H21N3/c2*1-11(2)16-13-5-4-6-14(9-13)17-8-7-15-12(3)10-17;2*1-11(2)16-13-5-4-6-14(9-13)17-8-7-15-10-12(17)3;1-11(2)16-13-4-3-5-14(10-13)17-8-6-12(15)7-9-17;2*1-11(2)16-14-5-3-4-13(10-14)12-6-8-15-9-7-12;1-11(2)15-12-4-3-5-13(10-12)16-8-6-14-7-9-16/h4*4-6,9,11-12,15-16H,7-8,10H2,1-3H3;3-5,10-12,16H,6-9,15H2,1-2H3;3-5,10-12,15-16H,6-9H2,1-2H3;3-6,10-11,15-16H,7-9H2,1-2H3;3-5,10-11,14-15H,6-9H2,1-2H3/t4*12-;;;;/m1010..../s1. The summed E-state index contributed by atoms with van der Waals surface area (Å²) in [5.74, 6) is 0.746. The van der Waals surface area contributed by atoms with Crippen molar-refractivity contribution < 1.29 is 0 Å². The Morgan fingerprint density at radius 1 is 0.293 bits per heavy atom. The number of piperidine rings is 2. The third-order valence-electron chi connectivity index (χ3n) is 24.2. The van der Waals surface area contributed by atoms with E-state index >= 15 is 0 Å². The third kappa shape index (κ3) is 40.1. The number of rotatable bonds is 24. The first-order valence-electron chi connectivity index (χ1n) is 51.0. The molecule has 7 saturated heterocycles. The zero-order valence-electron chi connectivity index (χ0n) is 85.5. The van der Waals surface area contributed by atoms with E-state index in [9.17, 15) is 0 Å². The molecule has 16 rings (SSSR count). The van der Waals surface area contributed by atoms with Crippen molar-refractivity contribution in [1.82, 2.24) is 37.2 Å². The summed E-state index contributed by atoms with van der Waals surface area (Å²) in [6.45, 7) is 67.6. The summed E-state index contributed by atoms with van der Waals surface area (Å²) in [7, 11) is 0. The molecule has 8 heterocycles. The Morgan fingerprint density at radius 2 is 0.602 bits per heavy atom. The fourth-order valence-corrected chi connectivity index (χ4v) is 18.0. The molecule has 0 amide bonds. The highest BCUT2D eigenvalue weighted by Gasteiger charge is 2.24. The maximum atomic E-state index is 5.93. The van der Waals surface area contributed by atoms with Crippen molar-refractivity contribution in [3.05, 3.63) is 211 Å². The highest BCUT2D eigenvalue weighted by molar-refractivity contribution is 5.70. The van der Waals surface area contributed by atoms with Gasteiger partial charge >= 0.3 is 0 Å². The Hall–Kier alpha value is -9.62. The summed E-state index contributed by atoms with van der Waals surface area (Å²) in [5.41, 5.74) is 27.9. The molecule has 17 N–H and O–H groups in total. The molecular weight excluding hydrogens is 1640 g/mol. The molecule has 0 bridgehead atoms. The second-order valence-electron chi connectivity index (χ2n) is 39.8. The van der Waals surface area contributed by atoms with E-state index in [4.69, 9.17) is 5.73 Å². The number of nitrogens with two attached hydrogens (primary N) is 1. The van der Waals surface area contributed by atoms with Crippen molar-refractivity contribution in [2.24, 2.45) is 5.73 Å². The number of hydrogen-bond acceptors (Lipinski definition) is 22. The summed E-state index contributed by atoms with van der Waals surface area (Å²) in [5, 5.41) is 51.5. The van der Waals surface area contributed by atoms with Crippen molar-refractivity contribution in [2.45, 2.75) is 255 Å². The molecule has 4 atom stereocenters. The van der Waals surface area contributed by atoms with Crippen LogP contribution in [0.15, 0.2) is 200 Å². The van der Waals surface area contributed by atoms with E-state index in [1.807, 2.05) is 0 Å². The van der Waals surface area contributed by atoms with E-state index in [0.717, 1.165) is 169 Å². The van der Waals surface area contributed by atoms with Gasteiger partial charge in [-0.1, -0.05) is 66.7 Å². The van der Waals surface area contributed by atoms with Gasteiger partial charge in [-0.05, 0) is 346 Å². The van der Waals surface area contributed by atoms with Gasteiger partial charge in [-0.25, -0.2) is 0 Å². The SMILES string of the molecule is CC(C)Nc1cccc(C2=CCNCC2)c1.CC(C)Nc1cccc(C2CCNCC2)c1.CC(C)Nc1cccc(N2CCC(N)CC2)c1.CC(C)Nc1cccc(N2CCNCC2)c1.CC(C)Nc1cccc(N2CCNC[C@@H]2C)c1.CC(C)Nc1cccc(N2CCNC[C@H]2C)c1.CC(C)Nc1cccc(N2CCN[C@@H](C)C2)c1.CC(C)Nc1cccc(N2CCN[C@H](C)C2)c1. The van der Waals surface area contributed by atoms with Gasteiger partial charge in [0.1, 0.15) is 0 Å². The minimum atomic E-state index is 0.392. The van der Waals surface area contributed by atoms with Crippen LogP contribution in [0.2, 0.25) is 0 Å². The molecule has 0 unspecified atom stereocenters. The first-order chi connectivity index (χ1) is 64.0. The van der Waals surface area contributed by atoms with Crippen LogP contribution >= 0.6 is 0 Å². The topological polar surface area (TPSA) is 226 Å². The number of anilines is 14. The fourth-order valence-electron chi connectivity index (χ4n) is 18.0. The lowest BCUT2D eigenvalue weighted by molar-refractivity contribution is 0.460. The molecule has 8 aromatic rings. The van der Waals surface area contributed by atoms with Crippen molar-refractivity contribution in [2.75, 3.05) is 216 Å². The molecular formula is C111H178N22. The maximum Gasteiger partial charge on any atom is 0.0390 e. The van der Waals surface area contributed by atoms with Crippen LogP contribution in [0.4, 0.5) is 79.6 Å². The quantitative estimate of drug-likeness (QED) is 0.0270. The van der Waals surface area contributed by atoms with Gasteiger partial charge < -0.3 is 115 Å². The maximum absolute atomic E-state index is 5.93. The Kier molecular flexibility index (Phi) is 46.7. The van der Waals surface area contributed by atoms with Gasteiger partial charge in [0.15, 0.2) is 0 Å². The first kappa shape index (κ1) is 107. The Labute approximate surface area is 805 Å². The average molecular weight is 1820 g/mol. The molecule has 0 saturated carbocycles. The molecule has 732 valence electrons. The molecule has 0 radical (unpaired) electrons. The van der Waals surface area contributed by atoms with Gasteiger partial charge in [0.25, 0.3) is 0 Å². The second kappa shape index (κ2) is 58.0. The Balaban J connectivity index is 0.000000171. The van der Waals surface area contributed by atoms with Crippen LogP contribution in [0.3, 0.4) is 0 Å². The zero-order valence-corrected chi connectivity index (χ0v) is 85.5. The van der Waals surface area contributed by atoms with Crippen molar-refractivity contribution >= 4 is 85.2 Å². The van der Waals surface area contributed by atoms with E-state index < -0.39 is 0 Å². The van der Waals surface area contributed by atoms with Gasteiger partial charge in [0.05, 0.1) is 0 Å². The van der Waals surface area contributed by atoms with Crippen LogP contribution in [0, 0.1) is 0 Å². The predicted molar refractivity (Wildman–Crippen MR) is 585 cm³/mol. The summed E-state index contributed by atoms with van der Waals surface area (Å²) in [4.78, 5) is 14.7. The summed E-state index contributed by atoms with van der Waals surface area (Å²) in [6, 6.07) is 76.4. The number of nitrogens with zero attached hydrogens (tertiary/aromatic N) is 6. The first-order valence-corrected chi connectivity index (χ1v) is 51.0. The molecule has 7 fully saturated rings. The second-order valence-corrected chi connectivity index (χ2v) is 39.8. The van der Waals surface area contributed by atoms with Crippen LogP contribution in [0.1, 0.15) is 188 Å². The van der Waals surface area contributed by atoms with Crippen LogP contribution in [0.25, 0.3) is 5.57 Å². The minimum Gasteiger partial charge on any atom is -0.383 e. The van der Waals surface area contributed by atoms with Crippen LogP contribution in [-0.2, 0) is 0 Å². The molecule has 0 spiro atoms. The van der Waals surface area contributed by atoms with E-state index in [-0.39, 0.29) is 0 Å². The molecule has 8 aliphatic heterocycles. The molecule has 133 heavy (non-hydrogen) atoms. The van der Waals surface area contributed by atoms with Gasteiger partial charge in [-0.2, -0.15) is 0 Å². The normalized spacial score (nSPS) is 18.9. The van der Waals surface area contributed by atoms with Crippen LogP contribution < -0.4 is 115 Å². The molecule has 22 heteroatoms. The lowest BCUT2D eigenvalue weighted by Crippen LogP contribution is -2.49. The lowest BCUT2D eigenvalue weighted by Gasteiger charge is -2.36. The summed E-state index contributed by atoms with van der Waals surface area (Å²) < 4.78 is 0. The number of benzene rings is 8. The molecule has 0 aliphatic carbocycles. The Morgan fingerprint density at radius 3 is 0.955 bits per heavy atom. The smallest absolute Gasteiger partial charge is 0.0390 e. The van der Waals surface area contributed by atoms with Crippen molar-refractivity contribution in [1.29, 1.82) is 0 Å². The van der Waals surface area contributed by atoms with Gasteiger partial charge in [-0.15, -0.1) is 0 Å². The zero-order chi connectivity index (χ0) is 95.4. The molecule has 22 nitrogen and oxygen atoms in total. The molecule has 8 aromatic carbocycles. The fraction of sp³-hybridized carbons (Fsp3) is 0.550. The van der Waals surface area contributed by atoms with E-state index in [1.54, 1.807) is 0 Å². The third-order valence-corrected chi connectivity index (χ3v) is 24.2.